The Bertz CT molecular complexity index is 1670. The monoisotopic (exact) mass is 532 g/mol. The van der Waals surface area contributed by atoms with E-state index in [0.717, 1.165) is 11.3 Å². The van der Waals surface area contributed by atoms with Crippen LogP contribution >= 0.6 is 11.3 Å². The van der Waals surface area contributed by atoms with Crippen LogP contribution in [0.2, 0.25) is 0 Å². The van der Waals surface area contributed by atoms with Crippen LogP contribution in [-0.2, 0) is 9.59 Å². The second-order valence-corrected chi connectivity index (χ2v) is 9.75. The summed E-state index contributed by atoms with van der Waals surface area (Å²) in [4.78, 5) is 49.6. The number of ketones is 2. The Morgan fingerprint density at radius 3 is 2.58 bits per heavy atom. The molecular weight excluding hydrogens is 508 g/mol. The van der Waals surface area contributed by atoms with Crippen molar-refractivity contribution in [1.82, 2.24) is 14.4 Å². The first kappa shape index (κ1) is 25.2. The number of aliphatic hydroxyl groups is 1. The van der Waals surface area contributed by atoms with Gasteiger partial charge in [-0.2, -0.15) is 0 Å². The molecule has 1 amide bonds. The molecule has 11 heteroatoms. The highest BCUT2D eigenvalue weighted by molar-refractivity contribution is 7.18. The standard InChI is InChI=1S/C27H24N4O6S/c1-5-37-18-12-16(9-10-17(18)33)22-20(23(34)21-13(2)28-19-8-6-7-11-30(19)21)24(35)26(36)31(22)27-29-14(3)25(38-27)15(4)32/h6-12,22,33-34H,5H2,1-4H3/b23-20+. The number of amides is 1. The topological polar surface area (TPSA) is 134 Å². The van der Waals surface area contributed by atoms with Crippen LogP contribution in [0.25, 0.3) is 11.4 Å². The van der Waals surface area contributed by atoms with E-state index < -0.39 is 23.5 Å². The molecule has 0 saturated carbocycles. The van der Waals surface area contributed by atoms with Gasteiger partial charge in [0.1, 0.15) is 11.3 Å². The Balaban J connectivity index is 1.79. The number of ether oxygens (including phenoxy) is 1. The number of aromatic nitrogens is 3. The predicted molar refractivity (Wildman–Crippen MR) is 141 cm³/mol. The van der Waals surface area contributed by atoms with E-state index in [1.807, 2.05) is 0 Å². The van der Waals surface area contributed by atoms with E-state index in [4.69, 9.17) is 4.74 Å². The predicted octanol–water partition coefficient (Wildman–Crippen LogP) is 4.34. The second kappa shape index (κ2) is 9.42. The Hall–Kier alpha value is -4.51. The minimum Gasteiger partial charge on any atom is -0.505 e. The lowest BCUT2D eigenvalue weighted by atomic mass is 9.96. The van der Waals surface area contributed by atoms with Crippen molar-refractivity contribution < 1.29 is 29.3 Å². The summed E-state index contributed by atoms with van der Waals surface area (Å²) < 4.78 is 7.18. The summed E-state index contributed by atoms with van der Waals surface area (Å²) in [6.07, 6.45) is 1.70. The second-order valence-electron chi connectivity index (χ2n) is 8.77. The zero-order valence-corrected chi connectivity index (χ0v) is 21.9. The Morgan fingerprint density at radius 1 is 1.13 bits per heavy atom. The fourth-order valence-corrected chi connectivity index (χ4v) is 5.64. The van der Waals surface area contributed by atoms with E-state index in [1.165, 1.54) is 24.0 Å². The zero-order valence-electron chi connectivity index (χ0n) is 21.1. The molecule has 1 fully saturated rings. The molecule has 0 aliphatic carbocycles. The third kappa shape index (κ3) is 3.91. The van der Waals surface area contributed by atoms with Crippen molar-refractivity contribution in [3.05, 3.63) is 75.7 Å². The van der Waals surface area contributed by atoms with Crippen molar-refractivity contribution in [2.24, 2.45) is 0 Å². The van der Waals surface area contributed by atoms with E-state index in [0.29, 0.717) is 27.5 Å². The number of benzene rings is 1. The van der Waals surface area contributed by atoms with Crippen LogP contribution < -0.4 is 9.64 Å². The molecular formula is C27H24N4O6S. The maximum Gasteiger partial charge on any atom is 0.301 e. The minimum atomic E-state index is -1.12. The smallest absolute Gasteiger partial charge is 0.301 e. The zero-order chi connectivity index (χ0) is 27.3. The molecule has 0 bridgehead atoms. The van der Waals surface area contributed by atoms with Gasteiger partial charge >= 0.3 is 5.91 Å². The lowest BCUT2D eigenvalue weighted by molar-refractivity contribution is -0.132. The third-order valence-corrected chi connectivity index (χ3v) is 7.54. The van der Waals surface area contributed by atoms with Gasteiger partial charge in [-0.25, -0.2) is 9.97 Å². The van der Waals surface area contributed by atoms with Crippen LogP contribution in [0.3, 0.4) is 0 Å². The average Bonchev–Trinajstić information content (AvgIpc) is 3.51. The third-order valence-electron chi connectivity index (χ3n) is 6.28. The summed E-state index contributed by atoms with van der Waals surface area (Å²) in [5.74, 6) is -2.41. The van der Waals surface area contributed by atoms with Crippen LogP contribution in [0.5, 0.6) is 11.5 Å². The molecule has 1 unspecified atom stereocenters. The number of pyridine rings is 1. The number of rotatable bonds is 6. The van der Waals surface area contributed by atoms with Gasteiger partial charge in [-0.15, -0.1) is 0 Å². The van der Waals surface area contributed by atoms with Crippen LogP contribution in [0.4, 0.5) is 5.13 Å². The molecule has 1 saturated heterocycles. The minimum absolute atomic E-state index is 0.117. The van der Waals surface area contributed by atoms with Crippen molar-refractivity contribution in [3.8, 4) is 11.5 Å². The highest BCUT2D eigenvalue weighted by Crippen LogP contribution is 2.45. The SMILES string of the molecule is CCOc1cc(C2/C(=C(\O)c3c(C)nc4ccccn34)C(=O)C(=O)N2c2nc(C)c(C(C)=O)s2)ccc1O. The van der Waals surface area contributed by atoms with Crippen LogP contribution in [0, 0.1) is 13.8 Å². The van der Waals surface area contributed by atoms with Gasteiger partial charge in [0.25, 0.3) is 5.78 Å². The lowest BCUT2D eigenvalue weighted by Crippen LogP contribution is -2.29. The fourth-order valence-electron chi connectivity index (χ4n) is 4.66. The Morgan fingerprint density at radius 2 is 1.89 bits per heavy atom. The van der Waals surface area contributed by atoms with Gasteiger partial charge in [0.05, 0.1) is 34.5 Å². The summed E-state index contributed by atoms with van der Waals surface area (Å²) in [6, 6.07) is 8.66. The first-order valence-electron chi connectivity index (χ1n) is 11.8. The maximum atomic E-state index is 13.6. The first-order chi connectivity index (χ1) is 18.1. The fraction of sp³-hybridized carbons (Fsp3) is 0.222. The van der Waals surface area contributed by atoms with Gasteiger partial charge < -0.3 is 14.9 Å². The molecule has 1 atom stereocenters. The van der Waals surface area contributed by atoms with Crippen molar-refractivity contribution in [2.75, 3.05) is 11.5 Å². The number of Topliss-reactive ketones (excluding diaryl/α,β-unsaturated/α-hetero) is 2. The summed E-state index contributed by atoms with van der Waals surface area (Å²) in [7, 11) is 0. The van der Waals surface area contributed by atoms with Crippen molar-refractivity contribution in [1.29, 1.82) is 0 Å². The van der Waals surface area contributed by atoms with Gasteiger partial charge in [-0.05, 0) is 50.6 Å². The number of thiazole rings is 1. The van der Waals surface area contributed by atoms with E-state index >= 15 is 0 Å². The Labute approximate surface area is 221 Å². The molecule has 10 nitrogen and oxygen atoms in total. The van der Waals surface area contributed by atoms with Gasteiger partial charge in [0.2, 0.25) is 0 Å². The number of aromatic hydroxyl groups is 1. The molecule has 4 aromatic rings. The molecule has 194 valence electrons. The van der Waals surface area contributed by atoms with Crippen LogP contribution in [0.15, 0.2) is 48.2 Å². The lowest BCUT2D eigenvalue weighted by Gasteiger charge is -2.23. The summed E-state index contributed by atoms with van der Waals surface area (Å²) in [5, 5.41) is 22.0. The normalized spacial score (nSPS) is 16.9. The van der Waals surface area contributed by atoms with Gasteiger partial charge in [-0.3, -0.25) is 23.7 Å². The van der Waals surface area contributed by atoms with Gasteiger partial charge in [-0.1, -0.05) is 23.5 Å². The van der Waals surface area contributed by atoms with Gasteiger partial charge in [0, 0.05) is 13.1 Å². The molecule has 2 N–H and O–H groups in total. The van der Waals surface area contributed by atoms with E-state index in [9.17, 15) is 24.6 Å². The number of hydrogen-bond donors (Lipinski definition) is 2. The number of aliphatic hydroxyl groups excluding tert-OH is 1. The highest BCUT2D eigenvalue weighted by Gasteiger charge is 2.49. The van der Waals surface area contributed by atoms with Gasteiger partial charge in [0.15, 0.2) is 28.2 Å². The number of imidazole rings is 1. The first-order valence-corrected chi connectivity index (χ1v) is 12.6. The molecule has 0 spiro atoms. The maximum absolute atomic E-state index is 13.6. The van der Waals surface area contributed by atoms with E-state index in [1.54, 1.807) is 55.6 Å². The molecule has 5 rings (SSSR count). The number of anilines is 1. The molecule has 0 radical (unpaired) electrons. The summed E-state index contributed by atoms with van der Waals surface area (Å²) in [6.45, 7) is 6.78. The number of phenolic OH excluding ortho intramolecular Hbond substituents is 1. The van der Waals surface area contributed by atoms with Crippen molar-refractivity contribution in [3.63, 3.8) is 0 Å². The number of fused-ring (bicyclic) bond motifs is 1. The largest absolute Gasteiger partial charge is 0.505 e. The number of nitrogens with zero attached hydrogens (tertiary/aromatic N) is 4. The number of carbonyl (C=O) groups excluding carboxylic acids is 3. The molecule has 38 heavy (non-hydrogen) atoms. The number of carbonyl (C=O) groups is 3. The molecule has 1 aliphatic rings. The van der Waals surface area contributed by atoms with E-state index in [-0.39, 0.29) is 40.3 Å². The summed E-state index contributed by atoms with van der Waals surface area (Å²) in [5.41, 5.74) is 1.94. The average molecular weight is 533 g/mol. The molecule has 4 heterocycles. The summed E-state index contributed by atoms with van der Waals surface area (Å²) >= 11 is 0.993. The molecule has 3 aromatic heterocycles. The Kier molecular flexibility index (Phi) is 6.23. The number of hydrogen-bond acceptors (Lipinski definition) is 9. The number of aryl methyl sites for hydroxylation is 2. The van der Waals surface area contributed by atoms with Crippen LogP contribution in [-0.4, -0.2) is 48.7 Å². The van der Waals surface area contributed by atoms with Crippen molar-refractivity contribution >= 4 is 45.3 Å². The number of phenols is 1. The van der Waals surface area contributed by atoms with E-state index in [2.05, 4.69) is 9.97 Å². The highest BCUT2D eigenvalue weighted by atomic mass is 32.1. The quantitative estimate of drug-likeness (QED) is 0.162. The van der Waals surface area contributed by atoms with Crippen LogP contribution in [0.1, 0.15) is 52.2 Å². The molecule has 1 aromatic carbocycles. The van der Waals surface area contributed by atoms with Crippen molar-refractivity contribution in [2.45, 2.75) is 33.7 Å². The molecule has 1 aliphatic heterocycles.